The summed E-state index contributed by atoms with van der Waals surface area (Å²) in [5.41, 5.74) is 0.600. The highest BCUT2D eigenvalue weighted by atomic mass is 35.5. The van der Waals surface area contributed by atoms with Gasteiger partial charge in [0, 0.05) is 29.1 Å². The van der Waals surface area contributed by atoms with Crippen molar-refractivity contribution < 1.29 is 13.9 Å². The number of carbonyl (C=O) groups is 1. The first-order valence-electron chi connectivity index (χ1n) is 5.98. The summed E-state index contributed by atoms with van der Waals surface area (Å²) in [7, 11) is 1.55. The quantitative estimate of drug-likeness (QED) is 0.678. The predicted molar refractivity (Wildman–Crippen MR) is 80.0 cm³/mol. The van der Waals surface area contributed by atoms with E-state index in [9.17, 15) is 4.79 Å². The van der Waals surface area contributed by atoms with Gasteiger partial charge in [0.2, 0.25) is 5.91 Å². The molecule has 0 bridgehead atoms. The highest BCUT2D eigenvalue weighted by Crippen LogP contribution is 2.32. The molecule has 1 N–H and O–H groups in total. The van der Waals surface area contributed by atoms with Gasteiger partial charge in [0.15, 0.2) is 11.3 Å². The SMILES string of the molecule is C=CCNC(=O)C=Cc1cc2cc(Cl)cc(OC)c2o1. The minimum absolute atomic E-state index is 0.213. The molecule has 104 valence electrons. The summed E-state index contributed by atoms with van der Waals surface area (Å²) in [4.78, 5) is 11.4. The van der Waals surface area contributed by atoms with E-state index in [1.807, 2.05) is 0 Å². The molecule has 4 nitrogen and oxygen atoms in total. The maximum atomic E-state index is 11.4. The first kappa shape index (κ1) is 14.2. The zero-order valence-corrected chi connectivity index (χ0v) is 11.7. The number of carbonyl (C=O) groups excluding carboxylic acids is 1. The Hall–Kier alpha value is -2.20. The lowest BCUT2D eigenvalue weighted by Gasteiger charge is -2.00. The molecular weight excluding hydrogens is 278 g/mol. The van der Waals surface area contributed by atoms with Crippen LogP contribution in [-0.2, 0) is 4.79 Å². The largest absolute Gasteiger partial charge is 0.493 e. The second kappa shape index (κ2) is 6.30. The maximum absolute atomic E-state index is 11.4. The molecule has 0 unspecified atom stereocenters. The Morgan fingerprint density at radius 2 is 2.30 bits per heavy atom. The second-order valence-corrected chi connectivity index (χ2v) is 4.48. The molecule has 0 saturated carbocycles. The van der Waals surface area contributed by atoms with Gasteiger partial charge in [0.05, 0.1) is 7.11 Å². The van der Waals surface area contributed by atoms with Crippen LogP contribution in [0.1, 0.15) is 5.76 Å². The first-order valence-corrected chi connectivity index (χ1v) is 6.35. The van der Waals surface area contributed by atoms with Crippen LogP contribution in [0.15, 0.2) is 41.3 Å². The molecule has 0 aliphatic rings. The Morgan fingerprint density at radius 3 is 3.00 bits per heavy atom. The molecule has 1 heterocycles. The number of ether oxygens (including phenoxy) is 1. The number of amides is 1. The van der Waals surface area contributed by atoms with Crippen molar-refractivity contribution in [3.63, 3.8) is 0 Å². The Balaban J connectivity index is 2.26. The molecule has 20 heavy (non-hydrogen) atoms. The zero-order chi connectivity index (χ0) is 14.5. The Bertz CT molecular complexity index is 673. The number of halogens is 1. The molecule has 1 aromatic heterocycles. The highest BCUT2D eigenvalue weighted by Gasteiger charge is 2.09. The number of rotatable bonds is 5. The van der Waals surface area contributed by atoms with Crippen molar-refractivity contribution in [2.75, 3.05) is 13.7 Å². The molecule has 0 radical (unpaired) electrons. The van der Waals surface area contributed by atoms with Crippen LogP contribution in [-0.4, -0.2) is 19.6 Å². The van der Waals surface area contributed by atoms with Gasteiger partial charge >= 0.3 is 0 Å². The van der Waals surface area contributed by atoms with Crippen LogP contribution in [0.25, 0.3) is 17.0 Å². The Morgan fingerprint density at radius 1 is 1.50 bits per heavy atom. The molecule has 0 saturated heterocycles. The standard InChI is InChI=1S/C15H14ClNO3/c1-3-6-17-14(18)5-4-12-8-10-7-11(16)9-13(19-2)15(10)20-12/h3-5,7-9H,1,6H2,2H3,(H,17,18). The van der Waals surface area contributed by atoms with E-state index >= 15 is 0 Å². The molecule has 0 spiro atoms. The molecule has 0 fully saturated rings. The van der Waals surface area contributed by atoms with E-state index in [0.717, 1.165) is 5.39 Å². The lowest BCUT2D eigenvalue weighted by Crippen LogP contribution is -2.20. The summed E-state index contributed by atoms with van der Waals surface area (Å²) in [6.45, 7) is 3.95. The number of hydrogen-bond acceptors (Lipinski definition) is 3. The van der Waals surface area contributed by atoms with Gasteiger partial charge in [-0.3, -0.25) is 4.79 Å². The molecule has 5 heteroatoms. The van der Waals surface area contributed by atoms with Gasteiger partial charge in [-0.25, -0.2) is 0 Å². The summed E-state index contributed by atoms with van der Waals surface area (Å²) >= 11 is 5.98. The molecule has 0 aliphatic carbocycles. The number of furan rings is 1. The molecule has 2 rings (SSSR count). The van der Waals surface area contributed by atoms with Crippen molar-refractivity contribution >= 4 is 34.6 Å². The minimum Gasteiger partial charge on any atom is -0.493 e. The van der Waals surface area contributed by atoms with E-state index in [4.69, 9.17) is 20.8 Å². The Kier molecular flexibility index (Phi) is 4.48. The fourth-order valence-electron chi connectivity index (χ4n) is 1.73. The molecule has 1 aromatic carbocycles. The lowest BCUT2D eigenvalue weighted by atomic mass is 10.2. The van der Waals surface area contributed by atoms with Crippen molar-refractivity contribution in [2.45, 2.75) is 0 Å². The summed E-state index contributed by atoms with van der Waals surface area (Å²) < 4.78 is 10.8. The minimum atomic E-state index is -0.213. The average Bonchev–Trinajstić information content (AvgIpc) is 2.84. The van der Waals surface area contributed by atoms with Crippen molar-refractivity contribution in [2.24, 2.45) is 0 Å². The summed E-state index contributed by atoms with van der Waals surface area (Å²) in [6.07, 6.45) is 4.60. The maximum Gasteiger partial charge on any atom is 0.244 e. The Labute approximate surface area is 121 Å². The predicted octanol–water partition coefficient (Wildman–Crippen LogP) is 3.41. The van der Waals surface area contributed by atoms with Gasteiger partial charge in [-0.1, -0.05) is 17.7 Å². The van der Waals surface area contributed by atoms with Crippen molar-refractivity contribution in [1.29, 1.82) is 0 Å². The molecule has 1 amide bonds. The van der Waals surface area contributed by atoms with Crippen LogP contribution >= 0.6 is 11.6 Å². The number of fused-ring (bicyclic) bond motifs is 1. The second-order valence-electron chi connectivity index (χ2n) is 4.04. The average molecular weight is 292 g/mol. The van der Waals surface area contributed by atoms with Crippen LogP contribution in [0.4, 0.5) is 0 Å². The van der Waals surface area contributed by atoms with Gasteiger partial charge in [-0.2, -0.15) is 0 Å². The van der Waals surface area contributed by atoms with Gasteiger partial charge in [0.1, 0.15) is 5.76 Å². The van der Waals surface area contributed by atoms with E-state index in [1.54, 1.807) is 37.5 Å². The first-order chi connectivity index (χ1) is 9.63. The molecule has 2 aromatic rings. The lowest BCUT2D eigenvalue weighted by molar-refractivity contribution is -0.116. The number of methoxy groups -OCH3 is 1. The number of benzene rings is 1. The van der Waals surface area contributed by atoms with Gasteiger partial charge < -0.3 is 14.5 Å². The number of hydrogen-bond donors (Lipinski definition) is 1. The topological polar surface area (TPSA) is 51.5 Å². The van der Waals surface area contributed by atoms with Crippen LogP contribution < -0.4 is 10.1 Å². The van der Waals surface area contributed by atoms with Crippen molar-refractivity contribution in [3.05, 3.63) is 47.7 Å². The highest BCUT2D eigenvalue weighted by molar-refractivity contribution is 6.31. The normalized spacial score (nSPS) is 10.9. The fraction of sp³-hybridized carbons (Fsp3) is 0.133. The molecule has 0 aliphatic heterocycles. The van der Waals surface area contributed by atoms with Crippen LogP contribution in [0.2, 0.25) is 5.02 Å². The van der Waals surface area contributed by atoms with Crippen molar-refractivity contribution in [1.82, 2.24) is 5.32 Å². The fourth-order valence-corrected chi connectivity index (χ4v) is 1.95. The summed E-state index contributed by atoms with van der Waals surface area (Å²) in [5.74, 6) is 0.896. The van der Waals surface area contributed by atoms with E-state index < -0.39 is 0 Å². The van der Waals surface area contributed by atoms with E-state index in [-0.39, 0.29) is 5.91 Å². The van der Waals surface area contributed by atoms with E-state index in [2.05, 4.69) is 11.9 Å². The summed E-state index contributed by atoms with van der Waals surface area (Å²) in [6, 6.07) is 5.25. The number of nitrogens with one attached hydrogen (secondary N) is 1. The van der Waals surface area contributed by atoms with Gasteiger partial charge in [-0.05, 0) is 18.2 Å². The van der Waals surface area contributed by atoms with Crippen molar-refractivity contribution in [3.8, 4) is 5.75 Å². The third kappa shape index (κ3) is 3.22. The van der Waals surface area contributed by atoms with Crippen LogP contribution in [0.3, 0.4) is 0 Å². The van der Waals surface area contributed by atoms with E-state index in [1.165, 1.54) is 6.08 Å². The van der Waals surface area contributed by atoms with Gasteiger partial charge in [-0.15, -0.1) is 6.58 Å². The third-order valence-corrected chi connectivity index (χ3v) is 2.82. The van der Waals surface area contributed by atoms with Gasteiger partial charge in [0.25, 0.3) is 0 Å². The third-order valence-electron chi connectivity index (χ3n) is 2.61. The summed E-state index contributed by atoms with van der Waals surface area (Å²) in [5, 5.41) is 4.02. The van der Waals surface area contributed by atoms with Crippen LogP contribution in [0.5, 0.6) is 5.75 Å². The monoisotopic (exact) mass is 291 g/mol. The molecule has 0 atom stereocenters. The zero-order valence-electron chi connectivity index (χ0n) is 11.0. The smallest absolute Gasteiger partial charge is 0.244 e. The van der Waals surface area contributed by atoms with Crippen LogP contribution in [0, 0.1) is 0 Å². The van der Waals surface area contributed by atoms with E-state index in [0.29, 0.717) is 28.7 Å². The molecular formula is C15H14ClNO3.